The molecule has 0 radical (unpaired) electrons. The molecule has 0 unspecified atom stereocenters. The van der Waals surface area contributed by atoms with Crippen molar-refractivity contribution >= 4 is 35.0 Å². The Kier molecular flexibility index (Phi) is 9.47. The number of aromatic nitrogens is 2. The molecule has 0 fully saturated rings. The predicted octanol–water partition coefficient (Wildman–Crippen LogP) is -0.678. The van der Waals surface area contributed by atoms with Gasteiger partial charge in [0.1, 0.15) is 10.5 Å². The Labute approximate surface area is 137 Å². The first-order valence-corrected chi connectivity index (χ1v) is 8.54. The summed E-state index contributed by atoms with van der Waals surface area (Å²) in [5.74, 6) is 2.55. The summed E-state index contributed by atoms with van der Waals surface area (Å²) in [5.41, 5.74) is 7.47. The highest BCUT2D eigenvalue weighted by Gasteiger charge is 1.97. The summed E-state index contributed by atoms with van der Waals surface area (Å²) in [6.45, 7) is 1.80. The third-order valence-electron chi connectivity index (χ3n) is 2.27. The van der Waals surface area contributed by atoms with Crippen LogP contribution in [0.4, 0.5) is 0 Å². The van der Waals surface area contributed by atoms with Gasteiger partial charge in [0, 0.05) is 31.6 Å². The van der Waals surface area contributed by atoms with E-state index in [0.29, 0.717) is 31.6 Å². The van der Waals surface area contributed by atoms with E-state index < -0.39 is 0 Å². The Bertz CT molecular complexity index is 506. The molecule has 1 rings (SSSR count). The van der Waals surface area contributed by atoms with E-state index in [4.69, 9.17) is 11.0 Å². The maximum Gasteiger partial charge on any atom is 0.209 e. The van der Waals surface area contributed by atoms with Crippen molar-refractivity contribution in [1.29, 1.82) is 5.26 Å². The molecular formula is C11H19N9S2. The Hall–Kier alpha value is -2.06. The third kappa shape index (κ3) is 8.28. The molecule has 0 amide bonds. The van der Waals surface area contributed by atoms with Crippen molar-refractivity contribution < 1.29 is 0 Å². The number of thioether (sulfide) groups is 1. The van der Waals surface area contributed by atoms with Crippen LogP contribution in [0.1, 0.15) is 5.01 Å². The summed E-state index contributed by atoms with van der Waals surface area (Å²) < 4.78 is 0. The number of hydrogen-bond acceptors (Lipinski definition) is 7. The van der Waals surface area contributed by atoms with Crippen LogP contribution in [0.15, 0.2) is 15.5 Å². The largest absolute Gasteiger partial charge is 0.370 e. The van der Waals surface area contributed by atoms with Crippen LogP contribution < -0.4 is 21.7 Å². The zero-order chi connectivity index (χ0) is 16.0. The van der Waals surface area contributed by atoms with Crippen molar-refractivity contribution in [1.82, 2.24) is 26.1 Å². The molecule has 0 aliphatic carbocycles. The summed E-state index contributed by atoms with van der Waals surface area (Å²) in [6.07, 6.45) is 1.70. The normalized spacial score (nSPS) is 11.8. The van der Waals surface area contributed by atoms with Gasteiger partial charge in [-0.1, -0.05) is 0 Å². The molecule has 0 saturated carbocycles. The van der Waals surface area contributed by atoms with E-state index in [2.05, 4.69) is 36.1 Å². The standard InChI is InChI=1S/C11H19N9S2/c1-14-11(18-7-12)17-3-2-15-10(13)16-4-5-21-6-9-20-19-8-22-9/h8H,2-6H2,1H3,(H3,13,15,16)(H2,14,17,18). The van der Waals surface area contributed by atoms with Crippen molar-refractivity contribution in [3.8, 4) is 6.19 Å². The van der Waals surface area contributed by atoms with Gasteiger partial charge in [0.15, 0.2) is 5.96 Å². The first kappa shape index (κ1) is 18.0. The molecule has 9 nitrogen and oxygen atoms in total. The fourth-order valence-corrected chi connectivity index (χ4v) is 2.74. The second-order valence-electron chi connectivity index (χ2n) is 3.82. The molecule has 5 N–H and O–H groups in total. The fourth-order valence-electron chi connectivity index (χ4n) is 1.31. The lowest BCUT2D eigenvalue weighted by atomic mass is 10.6. The van der Waals surface area contributed by atoms with E-state index in [9.17, 15) is 0 Å². The number of hydrogen-bond donors (Lipinski definition) is 4. The van der Waals surface area contributed by atoms with Gasteiger partial charge in [-0.05, 0) is 0 Å². The van der Waals surface area contributed by atoms with Gasteiger partial charge in [0.05, 0.1) is 6.54 Å². The third-order valence-corrected chi connectivity index (χ3v) is 4.10. The molecule has 11 heteroatoms. The van der Waals surface area contributed by atoms with Gasteiger partial charge in [-0.3, -0.25) is 4.99 Å². The fraction of sp³-hybridized carbons (Fsp3) is 0.545. The molecule has 0 bridgehead atoms. The molecule has 0 saturated heterocycles. The Morgan fingerprint density at radius 2 is 2.32 bits per heavy atom. The van der Waals surface area contributed by atoms with Gasteiger partial charge >= 0.3 is 0 Å². The van der Waals surface area contributed by atoms with E-state index in [-0.39, 0.29) is 0 Å². The Balaban J connectivity index is 2.05. The first-order valence-electron chi connectivity index (χ1n) is 6.51. The number of nitriles is 1. The number of nitrogens with two attached hydrogens (primary N) is 1. The van der Waals surface area contributed by atoms with Crippen molar-refractivity contribution in [2.75, 3.05) is 32.4 Å². The molecule has 1 aromatic rings. The zero-order valence-electron chi connectivity index (χ0n) is 12.2. The lowest BCUT2D eigenvalue weighted by Gasteiger charge is -2.08. The predicted molar refractivity (Wildman–Crippen MR) is 90.7 cm³/mol. The maximum atomic E-state index is 8.43. The van der Waals surface area contributed by atoms with Crippen LogP contribution in [-0.4, -0.2) is 54.6 Å². The van der Waals surface area contributed by atoms with Crippen molar-refractivity contribution in [3.05, 3.63) is 10.5 Å². The summed E-state index contributed by atoms with van der Waals surface area (Å²) >= 11 is 3.29. The van der Waals surface area contributed by atoms with E-state index in [1.165, 1.54) is 0 Å². The highest BCUT2D eigenvalue weighted by molar-refractivity contribution is 7.98. The van der Waals surface area contributed by atoms with Gasteiger partial charge in [-0.25, -0.2) is 0 Å². The molecule has 120 valence electrons. The first-order chi connectivity index (χ1) is 10.8. The highest BCUT2D eigenvalue weighted by atomic mass is 32.2. The van der Waals surface area contributed by atoms with Crippen LogP contribution in [0.2, 0.25) is 0 Å². The van der Waals surface area contributed by atoms with Gasteiger partial charge in [0.2, 0.25) is 12.2 Å². The molecule has 0 aliphatic heterocycles. The number of rotatable bonds is 8. The molecule has 22 heavy (non-hydrogen) atoms. The minimum atomic E-state index is 0.404. The second-order valence-corrected chi connectivity index (χ2v) is 5.84. The SMILES string of the molecule is CNC(=NC#N)NCCNC(N)=NCCSCc1nncs1. The number of guanidine groups is 2. The minimum absolute atomic E-state index is 0.404. The summed E-state index contributed by atoms with van der Waals surface area (Å²) in [7, 11) is 1.69. The highest BCUT2D eigenvalue weighted by Crippen LogP contribution is 2.12. The molecule has 0 aromatic carbocycles. The molecule has 0 atom stereocenters. The quantitative estimate of drug-likeness (QED) is 0.211. The topological polar surface area (TPSA) is 136 Å². The Morgan fingerprint density at radius 3 is 3.00 bits per heavy atom. The van der Waals surface area contributed by atoms with Crippen LogP contribution in [0, 0.1) is 11.5 Å². The lowest BCUT2D eigenvalue weighted by molar-refractivity contribution is 0.787. The van der Waals surface area contributed by atoms with Crippen LogP contribution in [-0.2, 0) is 5.75 Å². The average molecular weight is 341 g/mol. The van der Waals surface area contributed by atoms with Crippen molar-refractivity contribution in [2.45, 2.75) is 5.75 Å². The smallest absolute Gasteiger partial charge is 0.209 e. The lowest BCUT2D eigenvalue weighted by Crippen LogP contribution is -2.41. The molecular weight excluding hydrogens is 322 g/mol. The van der Waals surface area contributed by atoms with Gasteiger partial charge < -0.3 is 21.7 Å². The van der Waals surface area contributed by atoms with Gasteiger partial charge in [-0.2, -0.15) is 17.0 Å². The summed E-state index contributed by atoms with van der Waals surface area (Å²) in [6, 6.07) is 0. The van der Waals surface area contributed by atoms with E-state index in [0.717, 1.165) is 16.5 Å². The van der Waals surface area contributed by atoms with E-state index in [1.807, 2.05) is 0 Å². The van der Waals surface area contributed by atoms with E-state index in [1.54, 1.807) is 41.9 Å². The number of aliphatic imine (C=N–C) groups is 2. The molecule has 0 aliphatic rings. The summed E-state index contributed by atoms with van der Waals surface area (Å²) in [4.78, 5) is 7.77. The van der Waals surface area contributed by atoms with Crippen molar-refractivity contribution in [3.63, 3.8) is 0 Å². The second kappa shape index (κ2) is 11.6. The number of nitrogens with zero attached hydrogens (tertiary/aromatic N) is 5. The Morgan fingerprint density at radius 1 is 1.50 bits per heavy atom. The maximum absolute atomic E-state index is 8.43. The van der Waals surface area contributed by atoms with Crippen LogP contribution >= 0.6 is 23.1 Å². The van der Waals surface area contributed by atoms with Crippen molar-refractivity contribution in [2.24, 2.45) is 15.7 Å². The monoisotopic (exact) mass is 341 g/mol. The van der Waals surface area contributed by atoms with Crippen LogP contribution in [0.25, 0.3) is 0 Å². The zero-order valence-corrected chi connectivity index (χ0v) is 13.9. The number of nitrogens with one attached hydrogen (secondary N) is 3. The van der Waals surface area contributed by atoms with Gasteiger partial charge in [0.25, 0.3) is 0 Å². The van der Waals surface area contributed by atoms with Crippen LogP contribution in [0.3, 0.4) is 0 Å². The average Bonchev–Trinajstić information content (AvgIpc) is 3.03. The minimum Gasteiger partial charge on any atom is -0.370 e. The van der Waals surface area contributed by atoms with E-state index >= 15 is 0 Å². The van der Waals surface area contributed by atoms with Crippen LogP contribution in [0.5, 0.6) is 0 Å². The summed E-state index contributed by atoms with van der Waals surface area (Å²) in [5, 5.41) is 25.9. The molecule has 1 heterocycles. The van der Waals surface area contributed by atoms with Gasteiger partial charge in [-0.15, -0.1) is 26.5 Å². The molecule has 0 spiro atoms. The molecule has 1 aromatic heterocycles.